The highest BCUT2D eigenvalue weighted by molar-refractivity contribution is 9.10. The lowest BCUT2D eigenvalue weighted by atomic mass is 10.1. The Hall–Kier alpha value is -0.940. The number of aliphatic hydroxyl groups excluding tert-OH is 1. The molecular formula is C14H17BrFNO2. The summed E-state index contributed by atoms with van der Waals surface area (Å²) in [6.07, 6.45) is 3.87. The van der Waals surface area contributed by atoms with Crippen molar-refractivity contribution < 1.29 is 14.3 Å². The Labute approximate surface area is 120 Å². The third-order valence-corrected chi connectivity index (χ3v) is 4.17. The van der Waals surface area contributed by atoms with Crippen molar-refractivity contribution in [2.45, 2.75) is 31.7 Å². The summed E-state index contributed by atoms with van der Waals surface area (Å²) in [6, 6.07) is 3.93. The van der Waals surface area contributed by atoms with Crippen LogP contribution in [0.4, 0.5) is 4.39 Å². The largest absolute Gasteiger partial charge is 0.394 e. The number of halogens is 2. The molecule has 1 heterocycles. The molecule has 0 radical (unpaired) electrons. The summed E-state index contributed by atoms with van der Waals surface area (Å²) in [5.41, 5.74) is 0.446. The standard InChI is InChI=1S/C14H17BrFNO2/c15-13-8-10(16)5-6-12(13)14(19)17-7-3-1-2-4-11(17)9-18/h5-6,8,11,18H,1-4,7,9H2. The predicted octanol–water partition coefficient (Wildman–Crippen LogP) is 2.97. The summed E-state index contributed by atoms with van der Waals surface area (Å²) >= 11 is 3.23. The zero-order valence-electron chi connectivity index (χ0n) is 10.6. The summed E-state index contributed by atoms with van der Waals surface area (Å²) in [5, 5.41) is 9.43. The fraction of sp³-hybridized carbons (Fsp3) is 0.500. The van der Waals surface area contributed by atoms with Gasteiger partial charge in [-0.2, -0.15) is 0 Å². The van der Waals surface area contributed by atoms with E-state index in [4.69, 9.17) is 0 Å². The Kier molecular flexibility index (Phi) is 4.93. The van der Waals surface area contributed by atoms with Crippen LogP contribution in [0.1, 0.15) is 36.0 Å². The first-order chi connectivity index (χ1) is 9.13. The Morgan fingerprint density at radius 2 is 2.21 bits per heavy atom. The second-order valence-corrected chi connectivity index (χ2v) is 5.66. The summed E-state index contributed by atoms with van der Waals surface area (Å²) < 4.78 is 13.5. The van der Waals surface area contributed by atoms with E-state index in [1.54, 1.807) is 4.90 Å². The molecule has 0 spiro atoms. The van der Waals surface area contributed by atoms with E-state index in [2.05, 4.69) is 15.9 Å². The fourth-order valence-corrected chi connectivity index (χ4v) is 2.97. The molecule has 1 amide bonds. The molecule has 1 fully saturated rings. The van der Waals surface area contributed by atoms with Gasteiger partial charge in [0.05, 0.1) is 18.2 Å². The molecule has 5 heteroatoms. The molecule has 0 saturated carbocycles. The third kappa shape index (κ3) is 3.34. The molecule has 1 aliphatic heterocycles. The maximum atomic E-state index is 13.1. The van der Waals surface area contributed by atoms with E-state index in [0.29, 0.717) is 16.6 Å². The number of hydrogen-bond donors (Lipinski definition) is 1. The molecule has 3 nitrogen and oxygen atoms in total. The average Bonchev–Trinajstić information content (AvgIpc) is 2.63. The zero-order valence-corrected chi connectivity index (χ0v) is 12.2. The van der Waals surface area contributed by atoms with Crippen LogP contribution in [0.15, 0.2) is 22.7 Å². The van der Waals surface area contributed by atoms with E-state index < -0.39 is 0 Å². The van der Waals surface area contributed by atoms with Crippen LogP contribution in [0.5, 0.6) is 0 Å². The number of hydrogen-bond acceptors (Lipinski definition) is 2. The summed E-state index contributed by atoms with van der Waals surface area (Å²) in [7, 11) is 0. The predicted molar refractivity (Wildman–Crippen MR) is 74.5 cm³/mol. The molecule has 104 valence electrons. The van der Waals surface area contributed by atoms with Crippen LogP contribution in [-0.2, 0) is 0 Å². The van der Waals surface area contributed by atoms with Gasteiger partial charge in [-0.05, 0) is 47.0 Å². The van der Waals surface area contributed by atoms with Gasteiger partial charge in [0.25, 0.3) is 5.91 Å². The van der Waals surface area contributed by atoms with Crippen LogP contribution >= 0.6 is 15.9 Å². The van der Waals surface area contributed by atoms with Crippen LogP contribution in [0.25, 0.3) is 0 Å². The molecule has 1 aromatic rings. The molecule has 1 unspecified atom stereocenters. The second-order valence-electron chi connectivity index (χ2n) is 4.81. The van der Waals surface area contributed by atoms with Crippen molar-refractivity contribution in [2.75, 3.05) is 13.2 Å². The molecule has 0 bridgehead atoms. The van der Waals surface area contributed by atoms with Gasteiger partial charge in [-0.15, -0.1) is 0 Å². The fourth-order valence-electron chi connectivity index (χ4n) is 2.45. The highest BCUT2D eigenvalue weighted by Crippen LogP contribution is 2.24. The SMILES string of the molecule is O=C(c1ccc(F)cc1Br)N1CCCCCC1CO. The van der Waals surface area contributed by atoms with E-state index in [1.165, 1.54) is 18.2 Å². The van der Waals surface area contributed by atoms with Gasteiger partial charge in [0.15, 0.2) is 0 Å². The molecule has 1 aromatic carbocycles. The van der Waals surface area contributed by atoms with Crippen LogP contribution in [-0.4, -0.2) is 35.1 Å². The minimum absolute atomic E-state index is 0.0233. The van der Waals surface area contributed by atoms with Gasteiger partial charge in [-0.25, -0.2) is 4.39 Å². The van der Waals surface area contributed by atoms with E-state index in [0.717, 1.165) is 25.7 Å². The Morgan fingerprint density at radius 3 is 2.89 bits per heavy atom. The van der Waals surface area contributed by atoms with Crippen LogP contribution in [0, 0.1) is 5.82 Å². The Balaban J connectivity index is 2.25. The molecule has 1 atom stereocenters. The molecule has 19 heavy (non-hydrogen) atoms. The number of nitrogens with zero attached hydrogens (tertiary/aromatic N) is 1. The van der Waals surface area contributed by atoms with Crippen molar-refractivity contribution in [2.24, 2.45) is 0 Å². The topological polar surface area (TPSA) is 40.5 Å². The van der Waals surface area contributed by atoms with E-state index in [-0.39, 0.29) is 24.4 Å². The van der Waals surface area contributed by atoms with Crippen molar-refractivity contribution in [3.05, 3.63) is 34.1 Å². The van der Waals surface area contributed by atoms with E-state index >= 15 is 0 Å². The average molecular weight is 330 g/mol. The van der Waals surface area contributed by atoms with Crippen molar-refractivity contribution >= 4 is 21.8 Å². The normalized spacial score (nSPS) is 20.2. The number of benzene rings is 1. The third-order valence-electron chi connectivity index (χ3n) is 3.51. The van der Waals surface area contributed by atoms with E-state index in [9.17, 15) is 14.3 Å². The van der Waals surface area contributed by atoms with Gasteiger partial charge in [-0.1, -0.05) is 12.8 Å². The number of aliphatic hydroxyl groups is 1. The minimum atomic E-state index is -0.377. The zero-order chi connectivity index (χ0) is 13.8. The molecular weight excluding hydrogens is 313 g/mol. The molecule has 0 aromatic heterocycles. The summed E-state index contributed by atoms with van der Waals surface area (Å²) in [4.78, 5) is 14.2. The Bertz CT molecular complexity index is 467. The number of likely N-dealkylation sites (tertiary alicyclic amines) is 1. The molecule has 1 aliphatic rings. The van der Waals surface area contributed by atoms with Crippen molar-refractivity contribution in [1.29, 1.82) is 0 Å². The van der Waals surface area contributed by atoms with Crippen molar-refractivity contribution in [3.8, 4) is 0 Å². The number of amides is 1. The lowest BCUT2D eigenvalue weighted by molar-refractivity contribution is 0.0599. The second kappa shape index (κ2) is 6.48. The van der Waals surface area contributed by atoms with Gasteiger partial charge < -0.3 is 10.0 Å². The maximum Gasteiger partial charge on any atom is 0.255 e. The molecule has 0 aliphatic carbocycles. The van der Waals surface area contributed by atoms with Gasteiger partial charge in [0.2, 0.25) is 0 Å². The molecule has 1 N–H and O–H groups in total. The van der Waals surface area contributed by atoms with Gasteiger partial charge in [0, 0.05) is 11.0 Å². The first kappa shape index (κ1) is 14.5. The smallest absolute Gasteiger partial charge is 0.255 e. The van der Waals surface area contributed by atoms with Gasteiger partial charge in [0.1, 0.15) is 5.82 Å². The van der Waals surface area contributed by atoms with Gasteiger partial charge >= 0.3 is 0 Å². The van der Waals surface area contributed by atoms with Crippen molar-refractivity contribution in [1.82, 2.24) is 4.90 Å². The van der Waals surface area contributed by atoms with Crippen LogP contribution in [0.3, 0.4) is 0 Å². The maximum absolute atomic E-state index is 13.1. The number of rotatable bonds is 2. The number of carbonyl (C=O) groups is 1. The monoisotopic (exact) mass is 329 g/mol. The lowest BCUT2D eigenvalue weighted by Gasteiger charge is -2.29. The summed E-state index contributed by atoms with van der Waals surface area (Å²) in [5.74, 6) is -0.522. The van der Waals surface area contributed by atoms with Crippen molar-refractivity contribution in [3.63, 3.8) is 0 Å². The number of carbonyl (C=O) groups excluding carboxylic acids is 1. The minimum Gasteiger partial charge on any atom is -0.394 e. The summed E-state index contributed by atoms with van der Waals surface area (Å²) in [6.45, 7) is 0.623. The first-order valence-corrected chi connectivity index (χ1v) is 7.29. The highest BCUT2D eigenvalue weighted by atomic mass is 79.9. The van der Waals surface area contributed by atoms with Gasteiger partial charge in [-0.3, -0.25) is 4.79 Å². The van der Waals surface area contributed by atoms with E-state index in [1.807, 2.05) is 0 Å². The quantitative estimate of drug-likeness (QED) is 0.906. The first-order valence-electron chi connectivity index (χ1n) is 6.50. The van der Waals surface area contributed by atoms with Crippen LogP contribution in [0.2, 0.25) is 0 Å². The molecule has 2 rings (SSSR count). The lowest BCUT2D eigenvalue weighted by Crippen LogP contribution is -2.42. The van der Waals surface area contributed by atoms with Crippen LogP contribution < -0.4 is 0 Å². The highest BCUT2D eigenvalue weighted by Gasteiger charge is 2.26. The Morgan fingerprint density at radius 1 is 1.42 bits per heavy atom. The molecule has 1 saturated heterocycles.